The van der Waals surface area contributed by atoms with Crippen LogP contribution in [0.3, 0.4) is 0 Å². The van der Waals surface area contributed by atoms with E-state index in [2.05, 4.69) is 94.3 Å². The minimum Gasteiger partial charge on any atom is -0.344 e. The monoisotopic (exact) mass is 335 g/mol. The van der Waals surface area contributed by atoms with Crippen molar-refractivity contribution in [3.8, 4) is 11.1 Å². The molecule has 4 rings (SSSR count). The van der Waals surface area contributed by atoms with E-state index in [1.807, 2.05) is 0 Å². The molecule has 0 saturated heterocycles. The maximum Gasteiger partial charge on any atom is 0.0495 e. The quantitative estimate of drug-likeness (QED) is 0.416. The van der Waals surface area contributed by atoms with Gasteiger partial charge < -0.3 is 4.57 Å². The Morgan fingerprint density at radius 1 is 0.810 bits per heavy atom. The fraction of sp³-hybridized carbons (Fsp3) is 0.0526. The molecule has 0 aliphatic carbocycles. The topological polar surface area (TPSA) is 4.93 Å². The standard InChI is InChI=1S/C19H14BrN/c1-21-17-10-3-2-8-16(17)19-15(9-5-11-18(19)21)13-6-4-7-14(20)12-13/h2-12H,1H3. The van der Waals surface area contributed by atoms with Crippen molar-refractivity contribution in [3.05, 3.63) is 71.2 Å². The molecule has 0 atom stereocenters. The predicted octanol–water partition coefficient (Wildman–Crippen LogP) is 5.76. The number of fused-ring (bicyclic) bond motifs is 3. The van der Waals surface area contributed by atoms with Crippen LogP contribution < -0.4 is 0 Å². The number of rotatable bonds is 1. The van der Waals surface area contributed by atoms with Gasteiger partial charge in [0.05, 0.1) is 0 Å². The highest BCUT2D eigenvalue weighted by Gasteiger charge is 2.12. The predicted molar refractivity (Wildman–Crippen MR) is 93.6 cm³/mol. The van der Waals surface area contributed by atoms with Crippen molar-refractivity contribution >= 4 is 37.7 Å². The third-order valence-corrected chi connectivity index (χ3v) is 4.57. The Morgan fingerprint density at radius 3 is 2.43 bits per heavy atom. The molecule has 0 aliphatic heterocycles. The van der Waals surface area contributed by atoms with Gasteiger partial charge in [-0.2, -0.15) is 0 Å². The largest absolute Gasteiger partial charge is 0.344 e. The third-order valence-electron chi connectivity index (χ3n) is 4.07. The van der Waals surface area contributed by atoms with Crippen LogP contribution in [0.25, 0.3) is 32.9 Å². The van der Waals surface area contributed by atoms with Gasteiger partial charge in [-0.1, -0.05) is 58.4 Å². The Balaban J connectivity index is 2.18. The molecule has 0 bridgehead atoms. The molecular formula is C19H14BrN. The molecule has 102 valence electrons. The van der Waals surface area contributed by atoms with Crippen molar-refractivity contribution in [3.63, 3.8) is 0 Å². The molecule has 1 nitrogen and oxygen atoms in total. The Labute approximate surface area is 132 Å². The summed E-state index contributed by atoms with van der Waals surface area (Å²) in [6.07, 6.45) is 0. The van der Waals surface area contributed by atoms with Crippen molar-refractivity contribution in [1.29, 1.82) is 0 Å². The van der Waals surface area contributed by atoms with E-state index in [1.165, 1.54) is 32.9 Å². The van der Waals surface area contributed by atoms with Crippen molar-refractivity contribution in [2.45, 2.75) is 0 Å². The molecule has 0 radical (unpaired) electrons. The van der Waals surface area contributed by atoms with Crippen molar-refractivity contribution in [1.82, 2.24) is 4.57 Å². The maximum absolute atomic E-state index is 3.57. The number of nitrogens with zero attached hydrogens (tertiary/aromatic N) is 1. The molecule has 2 heteroatoms. The fourth-order valence-electron chi connectivity index (χ4n) is 3.11. The van der Waals surface area contributed by atoms with Gasteiger partial charge >= 0.3 is 0 Å². The molecule has 4 aromatic rings. The van der Waals surface area contributed by atoms with Gasteiger partial charge in [-0.25, -0.2) is 0 Å². The van der Waals surface area contributed by atoms with Crippen LogP contribution in [0.1, 0.15) is 0 Å². The minimum absolute atomic E-state index is 1.11. The number of hydrogen-bond donors (Lipinski definition) is 0. The average molecular weight is 336 g/mol. The first-order chi connectivity index (χ1) is 10.3. The van der Waals surface area contributed by atoms with E-state index in [1.54, 1.807) is 0 Å². The zero-order valence-electron chi connectivity index (χ0n) is 11.7. The molecular weight excluding hydrogens is 322 g/mol. The molecule has 0 fully saturated rings. The normalized spacial score (nSPS) is 11.3. The highest BCUT2D eigenvalue weighted by molar-refractivity contribution is 9.10. The van der Waals surface area contributed by atoms with Crippen molar-refractivity contribution in [2.75, 3.05) is 0 Å². The summed E-state index contributed by atoms with van der Waals surface area (Å²) in [5.74, 6) is 0. The van der Waals surface area contributed by atoms with E-state index in [9.17, 15) is 0 Å². The summed E-state index contributed by atoms with van der Waals surface area (Å²) < 4.78 is 3.38. The summed E-state index contributed by atoms with van der Waals surface area (Å²) in [4.78, 5) is 0. The first-order valence-corrected chi connectivity index (χ1v) is 7.77. The molecule has 0 amide bonds. The highest BCUT2D eigenvalue weighted by Crippen LogP contribution is 2.36. The molecule has 0 saturated carbocycles. The molecule has 0 unspecified atom stereocenters. The molecule has 3 aromatic carbocycles. The summed E-state index contributed by atoms with van der Waals surface area (Å²) in [5.41, 5.74) is 5.07. The van der Waals surface area contributed by atoms with Gasteiger partial charge in [0.2, 0.25) is 0 Å². The molecule has 0 aliphatic rings. The van der Waals surface area contributed by atoms with E-state index < -0.39 is 0 Å². The lowest BCUT2D eigenvalue weighted by Gasteiger charge is -2.05. The Hall–Kier alpha value is -2.06. The number of hydrogen-bond acceptors (Lipinski definition) is 0. The lowest BCUT2D eigenvalue weighted by atomic mass is 9.99. The van der Waals surface area contributed by atoms with Gasteiger partial charge in [0, 0.05) is 33.3 Å². The molecule has 1 heterocycles. The summed E-state index contributed by atoms with van der Waals surface area (Å²) >= 11 is 3.57. The van der Waals surface area contributed by atoms with E-state index in [4.69, 9.17) is 0 Å². The number of para-hydroxylation sites is 1. The van der Waals surface area contributed by atoms with Gasteiger partial charge in [0.25, 0.3) is 0 Å². The highest BCUT2D eigenvalue weighted by atomic mass is 79.9. The Bertz CT molecular complexity index is 966. The second-order valence-electron chi connectivity index (χ2n) is 5.29. The van der Waals surface area contributed by atoms with Gasteiger partial charge in [0.15, 0.2) is 0 Å². The second kappa shape index (κ2) is 4.74. The number of aryl methyl sites for hydroxylation is 1. The van der Waals surface area contributed by atoms with Crippen LogP contribution in [-0.4, -0.2) is 4.57 Å². The van der Waals surface area contributed by atoms with E-state index in [0.29, 0.717) is 0 Å². The number of halogens is 1. The van der Waals surface area contributed by atoms with Crippen LogP contribution in [0.15, 0.2) is 71.2 Å². The third kappa shape index (κ3) is 1.90. The lowest BCUT2D eigenvalue weighted by molar-refractivity contribution is 1.01. The SMILES string of the molecule is Cn1c2ccccc2c2c(-c3cccc(Br)c3)cccc21. The summed E-state index contributed by atoms with van der Waals surface area (Å²) in [6.45, 7) is 0. The molecule has 0 N–H and O–H groups in total. The minimum atomic E-state index is 1.11. The van der Waals surface area contributed by atoms with Gasteiger partial charge in [-0.3, -0.25) is 0 Å². The summed E-state index contributed by atoms with van der Waals surface area (Å²) in [7, 11) is 2.13. The van der Waals surface area contributed by atoms with Crippen LogP contribution in [-0.2, 0) is 7.05 Å². The summed E-state index contributed by atoms with van der Waals surface area (Å²) in [6, 6.07) is 23.6. The Kier molecular flexibility index (Phi) is 2.86. The van der Waals surface area contributed by atoms with Crippen LogP contribution in [0.5, 0.6) is 0 Å². The first kappa shape index (κ1) is 12.7. The van der Waals surface area contributed by atoms with Gasteiger partial charge in [-0.15, -0.1) is 0 Å². The van der Waals surface area contributed by atoms with Crippen LogP contribution in [0, 0.1) is 0 Å². The van der Waals surface area contributed by atoms with Gasteiger partial charge in [-0.05, 0) is 35.4 Å². The first-order valence-electron chi connectivity index (χ1n) is 6.98. The Morgan fingerprint density at radius 2 is 1.57 bits per heavy atom. The van der Waals surface area contributed by atoms with Crippen LogP contribution >= 0.6 is 15.9 Å². The van der Waals surface area contributed by atoms with Gasteiger partial charge in [0.1, 0.15) is 0 Å². The summed E-state index contributed by atoms with van der Waals surface area (Å²) in [5, 5.41) is 2.64. The van der Waals surface area contributed by atoms with Crippen LogP contribution in [0.2, 0.25) is 0 Å². The van der Waals surface area contributed by atoms with E-state index in [-0.39, 0.29) is 0 Å². The smallest absolute Gasteiger partial charge is 0.0495 e. The fourth-order valence-corrected chi connectivity index (χ4v) is 3.51. The maximum atomic E-state index is 3.57. The van der Waals surface area contributed by atoms with E-state index >= 15 is 0 Å². The second-order valence-corrected chi connectivity index (χ2v) is 6.20. The number of benzene rings is 3. The van der Waals surface area contributed by atoms with Crippen molar-refractivity contribution in [2.24, 2.45) is 7.05 Å². The molecule has 0 spiro atoms. The zero-order valence-corrected chi connectivity index (χ0v) is 13.3. The van der Waals surface area contributed by atoms with Crippen molar-refractivity contribution < 1.29 is 0 Å². The van der Waals surface area contributed by atoms with Crippen LogP contribution in [0.4, 0.5) is 0 Å². The zero-order chi connectivity index (χ0) is 14.4. The average Bonchev–Trinajstić information content (AvgIpc) is 2.81. The lowest BCUT2D eigenvalue weighted by Crippen LogP contribution is -1.86. The molecule has 21 heavy (non-hydrogen) atoms. The molecule has 1 aromatic heterocycles. The number of aromatic nitrogens is 1. The van der Waals surface area contributed by atoms with E-state index in [0.717, 1.165) is 4.47 Å².